The standard InChI is InChI=1S/C27H21ClF3NO4/c1-15(2)17-7-4-6-10-21(17)32-23(33)14-35-16-11-12-19-22(13-16)36-26(27(29,30)31)24(25(19)34)18-8-3-5-9-20(18)28/h3-13,15H,14H2,1-2H3,(H,32,33). The van der Waals surface area contributed by atoms with E-state index in [2.05, 4.69) is 5.32 Å². The molecule has 9 heteroatoms. The molecule has 0 fully saturated rings. The van der Waals surface area contributed by atoms with Crippen molar-refractivity contribution in [2.45, 2.75) is 25.9 Å². The molecule has 5 nitrogen and oxygen atoms in total. The second-order valence-corrected chi connectivity index (χ2v) is 8.76. The number of carbonyl (C=O) groups excluding carboxylic acids is 1. The minimum absolute atomic E-state index is 0.0142. The van der Waals surface area contributed by atoms with E-state index >= 15 is 0 Å². The molecule has 0 bridgehead atoms. The summed E-state index contributed by atoms with van der Waals surface area (Å²) in [6.07, 6.45) is -4.96. The minimum atomic E-state index is -4.96. The molecule has 0 radical (unpaired) electrons. The number of fused-ring (bicyclic) bond motifs is 1. The molecule has 3 aromatic carbocycles. The van der Waals surface area contributed by atoms with E-state index in [9.17, 15) is 22.8 Å². The van der Waals surface area contributed by atoms with Crippen molar-refractivity contribution in [1.29, 1.82) is 0 Å². The van der Waals surface area contributed by atoms with Crippen molar-refractivity contribution in [1.82, 2.24) is 0 Å². The van der Waals surface area contributed by atoms with Crippen LogP contribution in [0.1, 0.15) is 31.1 Å². The number of amides is 1. The molecule has 0 unspecified atom stereocenters. The SMILES string of the molecule is CC(C)c1ccccc1NC(=O)COc1ccc2c(=O)c(-c3ccccc3Cl)c(C(F)(F)F)oc2c1. The van der Waals surface area contributed by atoms with Crippen LogP contribution in [0.5, 0.6) is 5.75 Å². The van der Waals surface area contributed by atoms with Gasteiger partial charge in [-0.2, -0.15) is 13.2 Å². The average molecular weight is 516 g/mol. The van der Waals surface area contributed by atoms with Crippen LogP contribution in [0, 0.1) is 0 Å². The zero-order chi connectivity index (χ0) is 26.0. The number of carbonyl (C=O) groups is 1. The van der Waals surface area contributed by atoms with E-state index in [0.29, 0.717) is 5.69 Å². The Balaban J connectivity index is 1.64. The van der Waals surface area contributed by atoms with Crippen LogP contribution < -0.4 is 15.5 Å². The number of rotatable bonds is 6. The summed E-state index contributed by atoms with van der Waals surface area (Å²) in [6.45, 7) is 3.60. The Labute approximate surface area is 209 Å². The Bertz CT molecular complexity index is 1490. The molecule has 0 aliphatic heterocycles. The number of halogens is 4. The Morgan fingerprint density at radius 2 is 1.75 bits per heavy atom. The van der Waals surface area contributed by atoms with Gasteiger partial charge in [0.05, 0.1) is 10.9 Å². The quantitative estimate of drug-likeness (QED) is 0.293. The van der Waals surface area contributed by atoms with Crippen molar-refractivity contribution in [2.24, 2.45) is 0 Å². The number of alkyl halides is 3. The molecule has 1 aromatic heterocycles. The highest BCUT2D eigenvalue weighted by Gasteiger charge is 2.39. The molecule has 0 saturated carbocycles. The minimum Gasteiger partial charge on any atom is -0.484 e. The topological polar surface area (TPSA) is 68.5 Å². The highest BCUT2D eigenvalue weighted by Crippen LogP contribution is 2.39. The Morgan fingerprint density at radius 3 is 2.44 bits per heavy atom. The molecule has 0 aliphatic rings. The summed E-state index contributed by atoms with van der Waals surface area (Å²) in [5.41, 5.74) is -0.365. The molecule has 0 aliphatic carbocycles. The van der Waals surface area contributed by atoms with Crippen molar-refractivity contribution in [3.8, 4) is 16.9 Å². The first-order valence-corrected chi connectivity index (χ1v) is 11.4. The zero-order valence-electron chi connectivity index (χ0n) is 19.3. The first kappa shape index (κ1) is 25.3. The number of ether oxygens (including phenoxy) is 1. The normalized spacial score (nSPS) is 11.6. The lowest BCUT2D eigenvalue weighted by Gasteiger charge is -2.15. The predicted octanol–water partition coefficient (Wildman–Crippen LogP) is 7.27. The third kappa shape index (κ3) is 5.23. The van der Waals surface area contributed by atoms with Gasteiger partial charge in [-0.1, -0.05) is 61.8 Å². The average Bonchev–Trinajstić information content (AvgIpc) is 2.83. The number of hydrogen-bond donors (Lipinski definition) is 1. The Morgan fingerprint density at radius 1 is 1.06 bits per heavy atom. The molecule has 0 spiro atoms. The van der Waals surface area contributed by atoms with Gasteiger partial charge >= 0.3 is 6.18 Å². The van der Waals surface area contributed by atoms with E-state index in [0.717, 1.165) is 11.6 Å². The van der Waals surface area contributed by atoms with E-state index in [4.69, 9.17) is 20.8 Å². The summed E-state index contributed by atoms with van der Waals surface area (Å²) >= 11 is 6.08. The summed E-state index contributed by atoms with van der Waals surface area (Å²) < 4.78 is 52.2. The van der Waals surface area contributed by atoms with Gasteiger partial charge in [-0.05, 0) is 35.7 Å². The van der Waals surface area contributed by atoms with Crippen molar-refractivity contribution in [2.75, 3.05) is 11.9 Å². The summed E-state index contributed by atoms with van der Waals surface area (Å²) in [7, 11) is 0. The third-order valence-corrected chi connectivity index (χ3v) is 5.82. The maximum atomic E-state index is 13.9. The molecule has 0 atom stereocenters. The fourth-order valence-electron chi connectivity index (χ4n) is 3.82. The molecular weight excluding hydrogens is 495 g/mol. The van der Waals surface area contributed by atoms with Crippen LogP contribution in [0.15, 0.2) is 75.9 Å². The van der Waals surface area contributed by atoms with Gasteiger partial charge in [-0.25, -0.2) is 0 Å². The van der Waals surface area contributed by atoms with Crippen molar-refractivity contribution < 1.29 is 27.1 Å². The lowest BCUT2D eigenvalue weighted by molar-refractivity contribution is -0.152. The second-order valence-electron chi connectivity index (χ2n) is 8.35. The van der Waals surface area contributed by atoms with Crippen LogP contribution in [0.2, 0.25) is 5.02 Å². The van der Waals surface area contributed by atoms with Crippen LogP contribution in [0.4, 0.5) is 18.9 Å². The smallest absolute Gasteiger partial charge is 0.450 e. The summed E-state index contributed by atoms with van der Waals surface area (Å²) in [4.78, 5) is 25.5. The highest BCUT2D eigenvalue weighted by molar-refractivity contribution is 6.33. The molecule has 1 heterocycles. The van der Waals surface area contributed by atoms with Gasteiger partial charge in [-0.15, -0.1) is 0 Å². The van der Waals surface area contributed by atoms with Gasteiger partial charge < -0.3 is 14.5 Å². The molecule has 36 heavy (non-hydrogen) atoms. The molecule has 4 rings (SSSR count). The lowest BCUT2D eigenvalue weighted by atomic mass is 10.0. The first-order valence-electron chi connectivity index (χ1n) is 11.0. The molecule has 1 N–H and O–H groups in total. The molecule has 186 valence electrons. The van der Waals surface area contributed by atoms with Crippen LogP contribution in [-0.4, -0.2) is 12.5 Å². The fourth-order valence-corrected chi connectivity index (χ4v) is 4.05. The van der Waals surface area contributed by atoms with Gasteiger partial charge in [0.15, 0.2) is 6.61 Å². The van der Waals surface area contributed by atoms with Crippen molar-refractivity contribution in [3.05, 3.63) is 93.3 Å². The Kier molecular flexibility index (Phi) is 7.08. The molecule has 4 aromatic rings. The maximum absolute atomic E-state index is 13.9. The van der Waals surface area contributed by atoms with E-state index in [1.54, 1.807) is 18.2 Å². The number of nitrogens with one attached hydrogen (secondary N) is 1. The van der Waals surface area contributed by atoms with Gasteiger partial charge in [0.25, 0.3) is 5.91 Å². The molecular formula is C27H21ClF3NO4. The molecule has 1 amide bonds. The van der Waals surface area contributed by atoms with Crippen molar-refractivity contribution >= 4 is 34.2 Å². The van der Waals surface area contributed by atoms with E-state index in [1.807, 2.05) is 26.0 Å². The predicted molar refractivity (Wildman–Crippen MR) is 133 cm³/mol. The highest BCUT2D eigenvalue weighted by atomic mass is 35.5. The third-order valence-electron chi connectivity index (χ3n) is 5.49. The van der Waals surface area contributed by atoms with Gasteiger partial charge in [0.1, 0.15) is 11.3 Å². The van der Waals surface area contributed by atoms with Crippen LogP contribution in [0.25, 0.3) is 22.1 Å². The molecule has 0 saturated heterocycles. The number of hydrogen-bond acceptors (Lipinski definition) is 4. The largest absolute Gasteiger partial charge is 0.484 e. The van der Waals surface area contributed by atoms with Crippen LogP contribution in [0.3, 0.4) is 0 Å². The van der Waals surface area contributed by atoms with Crippen LogP contribution in [-0.2, 0) is 11.0 Å². The maximum Gasteiger partial charge on any atom is 0.450 e. The summed E-state index contributed by atoms with van der Waals surface area (Å²) in [6, 6.07) is 16.9. The monoisotopic (exact) mass is 515 g/mol. The van der Waals surface area contributed by atoms with Crippen molar-refractivity contribution in [3.63, 3.8) is 0 Å². The van der Waals surface area contributed by atoms with Gasteiger partial charge in [-0.3, -0.25) is 9.59 Å². The first-order chi connectivity index (χ1) is 17.1. The van der Waals surface area contributed by atoms with Gasteiger partial charge in [0.2, 0.25) is 11.2 Å². The van der Waals surface area contributed by atoms with E-state index in [-0.39, 0.29) is 33.2 Å². The second kappa shape index (κ2) is 10.1. The van der Waals surface area contributed by atoms with E-state index < -0.39 is 35.4 Å². The lowest BCUT2D eigenvalue weighted by Crippen LogP contribution is -2.21. The summed E-state index contributed by atoms with van der Waals surface area (Å²) in [5.74, 6) is -1.66. The number of para-hydroxylation sites is 1. The zero-order valence-corrected chi connectivity index (χ0v) is 20.0. The van der Waals surface area contributed by atoms with Crippen LogP contribution >= 0.6 is 11.6 Å². The summed E-state index contributed by atoms with van der Waals surface area (Å²) in [5, 5.41) is 2.67. The number of anilines is 1. The Hall–Kier alpha value is -3.78. The fraction of sp³-hybridized carbons (Fsp3) is 0.185. The number of benzene rings is 3. The van der Waals surface area contributed by atoms with E-state index in [1.165, 1.54) is 30.3 Å². The van der Waals surface area contributed by atoms with Gasteiger partial charge in [0, 0.05) is 22.3 Å².